The first kappa shape index (κ1) is 17.7. The number of aromatic nitrogens is 2. The van der Waals surface area contributed by atoms with Gasteiger partial charge >= 0.3 is 0 Å². The summed E-state index contributed by atoms with van der Waals surface area (Å²) in [6, 6.07) is 6.82. The summed E-state index contributed by atoms with van der Waals surface area (Å²) in [5.41, 5.74) is 0.844. The van der Waals surface area contributed by atoms with E-state index in [2.05, 4.69) is 9.97 Å². The van der Waals surface area contributed by atoms with Gasteiger partial charge in [-0.1, -0.05) is 11.8 Å². The Bertz CT molecular complexity index is 1140. The van der Waals surface area contributed by atoms with Crippen LogP contribution in [0.5, 0.6) is 5.75 Å². The largest absolute Gasteiger partial charge is 0.482 e. The molecule has 0 radical (unpaired) electrons. The number of ether oxygens (including phenoxy) is 1. The van der Waals surface area contributed by atoms with Crippen molar-refractivity contribution >= 4 is 50.7 Å². The predicted octanol–water partition coefficient (Wildman–Crippen LogP) is 2.62. The van der Waals surface area contributed by atoms with E-state index in [0.717, 1.165) is 4.88 Å². The molecule has 0 saturated heterocycles. The first-order chi connectivity index (χ1) is 12.9. The molecule has 3 aromatic rings. The Morgan fingerprint density at radius 3 is 3.00 bits per heavy atom. The molecule has 1 N–H and O–H groups in total. The van der Waals surface area contributed by atoms with Crippen molar-refractivity contribution in [1.29, 1.82) is 0 Å². The molecule has 0 spiro atoms. The SMILES string of the molecule is Cc1cc2c(=O)[nH]c(SCC(=O)c3ccc4c(c3)N(C)C(=O)CO4)nc2s1. The number of anilines is 1. The van der Waals surface area contributed by atoms with Crippen LogP contribution in [0.25, 0.3) is 10.2 Å². The Balaban J connectivity index is 1.53. The molecule has 1 aliphatic heterocycles. The number of carbonyl (C=O) groups excluding carboxylic acids is 2. The molecule has 0 fully saturated rings. The normalized spacial score (nSPS) is 13.6. The summed E-state index contributed by atoms with van der Waals surface area (Å²) in [7, 11) is 1.65. The van der Waals surface area contributed by atoms with Gasteiger partial charge in [-0.25, -0.2) is 4.98 Å². The van der Waals surface area contributed by atoms with Gasteiger partial charge in [0.25, 0.3) is 11.5 Å². The minimum Gasteiger partial charge on any atom is -0.482 e. The number of nitrogens with zero attached hydrogens (tertiary/aromatic N) is 2. The monoisotopic (exact) mass is 401 g/mol. The van der Waals surface area contributed by atoms with Gasteiger partial charge in [0, 0.05) is 17.5 Å². The van der Waals surface area contributed by atoms with Crippen molar-refractivity contribution in [2.45, 2.75) is 12.1 Å². The maximum Gasteiger partial charge on any atom is 0.264 e. The second kappa shape index (κ2) is 6.82. The van der Waals surface area contributed by atoms with Crippen molar-refractivity contribution in [1.82, 2.24) is 9.97 Å². The molecule has 0 saturated carbocycles. The Hall–Kier alpha value is -2.65. The third kappa shape index (κ3) is 3.35. The van der Waals surface area contributed by atoms with Gasteiger partial charge in [0.1, 0.15) is 10.6 Å². The predicted molar refractivity (Wildman–Crippen MR) is 105 cm³/mol. The summed E-state index contributed by atoms with van der Waals surface area (Å²) in [6.07, 6.45) is 0. The summed E-state index contributed by atoms with van der Waals surface area (Å²) < 4.78 is 5.37. The van der Waals surface area contributed by atoms with Gasteiger partial charge in [-0.05, 0) is 31.2 Å². The van der Waals surface area contributed by atoms with Gasteiger partial charge in [-0.2, -0.15) is 0 Å². The highest BCUT2D eigenvalue weighted by molar-refractivity contribution is 7.99. The van der Waals surface area contributed by atoms with Crippen LogP contribution in [-0.2, 0) is 4.79 Å². The van der Waals surface area contributed by atoms with Crippen LogP contribution in [0.1, 0.15) is 15.2 Å². The summed E-state index contributed by atoms with van der Waals surface area (Å²) in [5.74, 6) is 0.406. The Kier molecular flexibility index (Phi) is 4.48. The zero-order valence-electron chi connectivity index (χ0n) is 14.6. The number of hydrogen-bond acceptors (Lipinski definition) is 7. The highest BCUT2D eigenvalue weighted by atomic mass is 32.2. The first-order valence-corrected chi connectivity index (χ1v) is 9.92. The number of ketones is 1. The summed E-state index contributed by atoms with van der Waals surface area (Å²) in [5, 5.41) is 0.979. The number of rotatable bonds is 4. The van der Waals surface area contributed by atoms with Crippen molar-refractivity contribution in [2.75, 3.05) is 24.3 Å². The standard InChI is InChI=1S/C18H15N3O4S2/c1-9-5-11-16(24)19-18(20-17(11)27-9)26-8-13(22)10-3-4-14-12(6-10)21(2)15(23)7-25-14/h3-6H,7-8H2,1-2H3,(H,19,20,24). The molecule has 1 aliphatic rings. The average Bonchev–Trinajstić information content (AvgIpc) is 3.03. The molecule has 1 amide bonds. The van der Waals surface area contributed by atoms with Gasteiger partial charge in [-0.3, -0.25) is 14.4 Å². The lowest BCUT2D eigenvalue weighted by atomic mass is 10.1. The fourth-order valence-electron chi connectivity index (χ4n) is 2.76. The van der Waals surface area contributed by atoms with E-state index in [-0.39, 0.29) is 29.6 Å². The maximum atomic E-state index is 12.6. The second-order valence-electron chi connectivity index (χ2n) is 6.08. The minimum absolute atomic E-state index is 0.00362. The van der Waals surface area contributed by atoms with Gasteiger partial charge in [0.2, 0.25) is 0 Å². The zero-order chi connectivity index (χ0) is 19.1. The number of fused-ring (bicyclic) bond motifs is 2. The van der Waals surface area contributed by atoms with Crippen LogP contribution in [0.2, 0.25) is 0 Å². The number of thiophene rings is 1. The van der Waals surface area contributed by atoms with E-state index in [0.29, 0.717) is 32.4 Å². The molecule has 7 nitrogen and oxygen atoms in total. The lowest BCUT2D eigenvalue weighted by molar-refractivity contribution is -0.120. The van der Waals surface area contributed by atoms with Crippen LogP contribution in [0.15, 0.2) is 34.2 Å². The number of Topliss-reactive ketones (excluding diaryl/α,β-unsaturated/α-hetero) is 1. The number of nitrogens with one attached hydrogen (secondary N) is 1. The van der Waals surface area contributed by atoms with Crippen LogP contribution in [0.3, 0.4) is 0 Å². The van der Waals surface area contributed by atoms with E-state index in [4.69, 9.17) is 4.74 Å². The lowest BCUT2D eigenvalue weighted by Gasteiger charge is -2.26. The van der Waals surface area contributed by atoms with Crippen LogP contribution >= 0.6 is 23.1 Å². The topological polar surface area (TPSA) is 92.4 Å². The van der Waals surface area contributed by atoms with Crippen LogP contribution in [-0.4, -0.2) is 41.1 Å². The quantitative estimate of drug-likeness (QED) is 0.410. The summed E-state index contributed by atoms with van der Waals surface area (Å²) in [4.78, 5) is 46.7. The highest BCUT2D eigenvalue weighted by Crippen LogP contribution is 2.32. The van der Waals surface area contributed by atoms with Crippen molar-refractivity contribution in [2.24, 2.45) is 0 Å². The number of aryl methyl sites for hydroxylation is 1. The molecule has 9 heteroatoms. The summed E-state index contributed by atoms with van der Waals surface area (Å²) >= 11 is 2.63. The molecule has 0 aliphatic carbocycles. The lowest BCUT2D eigenvalue weighted by Crippen LogP contribution is -2.35. The number of amides is 1. The molecule has 3 heterocycles. The van der Waals surface area contributed by atoms with Gasteiger partial charge in [-0.15, -0.1) is 11.3 Å². The van der Waals surface area contributed by atoms with E-state index in [1.807, 2.05) is 6.92 Å². The Labute approximate surface area is 162 Å². The van der Waals surface area contributed by atoms with E-state index < -0.39 is 0 Å². The number of benzene rings is 1. The van der Waals surface area contributed by atoms with E-state index in [1.165, 1.54) is 28.0 Å². The maximum absolute atomic E-state index is 12.6. The second-order valence-corrected chi connectivity index (χ2v) is 8.28. The van der Waals surface area contributed by atoms with Crippen molar-refractivity contribution < 1.29 is 14.3 Å². The molecular formula is C18H15N3O4S2. The van der Waals surface area contributed by atoms with E-state index in [9.17, 15) is 14.4 Å². The number of H-pyrrole nitrogens is 1. The Morgan fingerprint density at radius 1 is 1.37 bits per heavy atom. The number of carbonyl (C=O) groups is 2. The van der Waals surface area contributed by atoms with Gasteiger partial charge in [0.05, 0.1) is 16.8 Å². The number of aromatic amines is 1. The number of likely N-dealkylation sites (N-methyl/N-ethyl adjacent to an activating group) is 1. The molecule has 2 aromatic heterocycles. The molecule has 0 atom stereocenters. The van der Waals surface area contributed by atoms with E-state index in [1.54, 1.807) is 31.3 Å². The number of hydrogen-bond donors (Lipinski definition) is 1. The van der Waals surface area contributed by atoms with Crippen LogP contribution in [0, 0.1) is 6.92 Å². The third-order valence-corrected chi connectivity index (χ3v) is 6.03. The average molecular weight is 401 g/mol. The van der Waals surface area contributed by atoms with E-state index >= 15 is 0 Å². The fraction of sp³-hybridized carbons (Fsp3) is 0.222. The summed E-state index contributed by atoms with van der Waals surface area (Å²) in [6.45, 7) is 1.92. The zero-order valence-corrected chi connectivity index (χ0v) is 16.2. The highest BCUT2D eigenvalue weighted by Gasteiger charge is 2.23. The fourth-order valence-corrected chi connectivity index (χ4v) is 4.46. The molecule has 0 bridgehead atoms. The van der Waals surface area contributed by atoms with Crippen molar-refractivity contribution in [3.05, 3.63) is 45.1 Å². The Morgan fingerprint density at radius 2 is 2.19 bits per heavy atom. The third-order valence-electron chi connectivity index (χ3n) is 4.21. The first-order valence-electron chi connectivity index (χ1n) is 8.12. The van der Waals surface area contributed by atoms with Crippen LogP contribution in [0.4, 0.5) is 5.69 Å². The van der Waals surface area contributed by atoms with Crippen molar-refractivity contribution in [3.8, 4) is 5.75 Å². The molecule has 27 heavy (non-hydrogen) atoms. The van der Waals surface area contributed by atoms with Crippen molar-refractivity contribution in [3.63, 3.8) is 0 Å². The van der Waals surface area contributed by atoms with Gasteiger partial charge in [0.15, 0.2) is 17.5 Å². The molecule has 138 valence electrons. The molecule has 4 rings (SSSR count). The van der Waals surface area contributed by atoms with Crippen LogP contribution < -0.4 is 15.2 Å². The number of thioether (sulfide) groups is 1. The molecule has 0 unspecified atom stereocenters. The minimum atomic E-state index is -0.203. The molecule has 1 aromatic carbocycles. The smallest absolute Gasteiger partial charge is 0.264 e. The molecular weight excluding hydrogens is 386 g/mol. The van der Waals surface area contributed by atoms with Gasteiger partial charge < -0.3 is 14.6 Å².